The molecule has 0 amide bonds. The smallest absolute Gasteiger partial charge is 0.0443 e. The molecule has 0 saturated carbocycles. The maximum Gasteiger partial charge on any atom is 0.0443 e. The van der Waals surface area contributed by atoms with Gasteiger partial charge in [0.2, 0.25) is 0 Å². The predicted octanol–water partition coefficient (Wildman–Crippen LogP) is 4.39. The number of piperidine rings is 1. The van der Waals surface area contributed by atoms with Crippen LogP contribution in [0.25, 0.3) is 0 Å². The predicted molar refractivity (Wildman–Crippen MR) is 91.9 cm³/mol. The summed E-state index contributed by atoms with van der Waals surface area (Å²) in [4.78, 5) is 7.20. The minimum atomic E-state index is 0.626. The zero-order chi connectivity index (χ0) is 14.8. The Balaban J connectivity index is 1.82. The van der Waals surface area contributed by atoms with Crippen LogP contribution in [0.3, 0.4) is 0 Å². The Bertz CT molecular complexity index is 428. The first-order chi connectivity index (χ1) is 10.2. The van der Waals surface area contributed by atoms with Crippen molar-refractivity contribution in [3.05, 3.63) is 22.4 Å². The normalized spacial score (nSPS) is 29.5. The van der Waals surface area contributed by atoms with Crippen molar-refractivity contribution in [3.8, 4) is 0 Å². The largest absolute Gasteiger partial charge is 0.298 e. The van der Waals surface area contributed by atoms with Crippen molar-refractivity contribution in [2.75, 3.05) is 19.6 Å². The van der Waals surface area contributed by atoms with Gasteiger partial charge in [0.1, 0.15) is 0 Å². The maximum absolute atomic E-state index is 2.85. The van der Waals surface area contributed by atoms with Crippen LogP contribution < -0.4 is 0 Å². The number of nitrogens with zero attached hydrogens (tertiary/aromatic N) is 2. The van der Waals surface area contributed by atoms with E-state index in [1.54, 1.807) is 4.88 Å². The van der Waals surface area contributed by atoms with Crippen LogP contribution in [-0.2, 0) is 0 Å². The second kappa shape index (κ2) is 6.80. The molecule has 2 fully saturated rings. The van der Waals surface area contributed by atoms with Gasteiger partial charge in [-0.15, -0.1) is 11.3 Å². The number of rotatable bonds is 4. The SMILES string of the molecule is CCC(c1cccs1)N1CC2CCCCN2CC1C(C)C. The second-order valence-corrected chi connectivity index (χ2v) is 8.07. The van der Waals surface area contributed by atoms with E-state index in [1.165, 1.54) is 45.3 Å². The van der Waals surface area contributed by atoms with E-state index in [1.807, 2.05) is 11.3 Å². The summed E-state index contributed by atoms with van der Waals surface area (Å²) in [5, 5.41) is 2.24. The van der Waals surface area contributed by atoms with Gasteiger partial charge in [0.15, 0.2) is 0 Å². The first kappa shape index (κ1) is 15.5. The molecule has 0 radical (unpaired) electrons. The van der Waals surface area contributed by atoms with Crippen LogP contribution in [0.2, 0.25) is 0 Å². The van der Waals surface area contributed by atoms with Crippen LogP contribution in [0.4, 0.5) is 0 Å². The number of piperazine rings is 1. The summed E-state index contributed by atoms with van der Waals surface area (Å²) < 4.78 is 0. The molecule has 3 atom stereocenters. The molecule has 2 aliphatic rings. The average molecular weight is 307 g/mol. The fraction of sp³-hybridized carbons (Fsp3) is 0.778. The van der Waals surface area contributed by atoms with Gasteiger partial charge in [-0.2, -0.15) is 0 Å². The molecule has 0 aliphatic carbocycles. The van der Waals surface area contributed by atoms with E-state index in [2.05, 4.69) is 48.1 Å². The van der Waals surface area contributed by atoms with E-state index >= 15 is 0 Å². The highest BCUT2D eigenvalue weighted by atomic mass is 32.1. The van der Waals surface area contributed by atoms with Gasteiger partial charge in [0.05, 0.1) is 0 Å². The van der Waals surface area contributed by atoms with Gasteiger partial charge in [-0.05, 0) is 43.2 Å². The number of fused-ring (bicyclic) bond motifs is 1. The standard InChI is InChI=1S/C18H30N2S/c1-4-16(18-9-7-11-21-18)20-12-15-8-5-6-10-19(15)13-17(20)14(2)3/h7,9,11,14-17H,4-6,8,10,12-13H2,1-3H3. The Kier molecular flexibility index (Phi) is 5.03. The third kappa shape index (κ3) is 3.20. The van der Waals surface area contributed by atoms with Crippen LogP contribution in [0, 0.1) is 5.92 Å². The zero-order valence-corrected chi connectivity index (χ0v) is 14.6. The monoisotopic (exact) mass is 306 g/mol. The lowest BCUT2D eigenvalue weighted by Gasteiger charge is -2.52. The molecule has 1 aromatic rings. The van der Waals surface area contributed by atoms with Crippen molar-refractivity contribution in [1.29, 1.82) is 0 Å². The number of thiophene rings is 1. The molecule has 0 N–H and O–H groups in total. The Morgan fingerprint density at radius 3 is 2.81 bits per heavy atom. The van der Waals surface area contributed by atoms with E-state index in [9.17, 15) is 0 Å². The highest BCUT2D eigenvalue weighted by molar-refractivity contribution is 7.10. The van der Waals surface area contributed by atoms with Gasteiger partial charge < -0.3 is 0 Å². The fourth-order valence-corrected chi connectivity index (χ4v) is 5.19. The van der Waals surface area contributed by atoms with Crippen LogP contribution >= 0.6 is 11.3 Å². The lowest BCUT2D eigenvalue weighted by atomic mass is 9.90. The molecule has 2 nitrogen and oxygen atoms in total. The summed E-state index contributed by atoms with van der Waals surface area (Å²) in [5.74, 6) is 0.738. The highest BCUT2D eigenvalue weighted by Gasteiger charge is 2.39. The first-order valence-electron chi connectivity index (χ1n) is 8.74. The Morgan fingerprint density at radius 1 is 1.29 bits per heavy atom. The van der Waals surface area contributed by atoms with Gasteiger partial charge in [-0.1, -0.05) is 33.3 Å². The van der Waals surface area contributed by atoms with E-state index in [4.69, 9.17) is 0 Å². The van der Waals surface area contributed by atoms with Crippen molar-refractivity contribution < 1.29 is 0 Å². The van der Waals surface area contributed by atoms with Crippen molar-refractivity contribution >= 4 is 11.3 Å². The Labute approximate surface area is 134 Å². The van der Waals surface area contributed by atoms with E-state index in [-0.39, 0.29) is 0 Å². The first-order valence-corrected chi connectivity index (χ1v) is 9.61. The molecule has 0 bridgehead atoms. The minimum absolute atomic E-state index is 0.626. The number of hydrogen-bond donors (Lipinski definition) is 0. The lowest BCUT2D eigenvalue weighted by Crippen LogP contribution is -2.61. The summed E-state index contributed by atoms with van der Waals surface area (Å²) in [6.45, 7) is 11.1. The molecule has 2 aliphatic heterocycles. The van der Waals surface area contributed by atoms with Crippen molar-refractivity contribution in [2.24, 2.45) is 5.92 Å². The van der Waals surface area contributed by atoms with Crippen LogP contribution in [0.15, 0.2) is 17.5 Å². The molecule has 0 aromatic carbocycles. The molecule has 1 aromatic heterocycles. The molecule has 3 rings (SSSR count). The molecule has 21 heavy (non-hydrogen) atoms. The van der Waals surface area contributed by atoms with Gasteiger partial charge in [0.25, 0.3) is 0 Å². The average Bonchev–Trinajstić information content (AvgIpc) is 3.01. The van der Waals surface area contributed by atoms with E-state index in [0.29, 0.717) is 12.1 Å². The summed E-state index contributed by atoms with van der Waals surface area (Å²) in [5.41, 5.74) is 0. The Hall–Kier alpha value is -0.380. The maximum atomic E-state index is 2.85. The van der Waals surface area contributed by atoms with E-state index < -0.39 is 0 Å². The van der Waals surface area contributed by atoms with Gasteiger partial charge in [-0.25, -0.2) is 0 Å². The lowest BCUT2D eigenvalue weighted by molar-refractivity contribution is -0.0310. The van der Waals surface area contributed by atoms with Crippen LogP contribution in [0.1, 0.15) is 57.4 Å². The summed E-state index contributed by atoms with van der Waals surface area (Å²) in [7, 11) is 0. The fourth-order valence-electron chi connectivity index (χ4n) is 4.26. The molecule has 2 saturated heterocycles. The molecular weight excluding hydrogens is 276 g/mol. The van der Waals surface area contributed by atoms with Gasteiger partial charge in [0, 0.05) is 36.1 Å². The van der Waals surface area contributed by atoms with Crippen LogP contribution in [0.5, 0.6) is 0 Å². The van der Waals surface area contributed by atoms with Crippen molar-refractivity contribution in [3.63, 3.8) is 0 Å². The topological polar surface area (TPSA) is 6.48 Å². The van der Waals surface area contributed by atoms with E-state index in [0.717, 1.165) is 12.0 Å². The molecular formula is C18H30N2S. The molecule has 3 heteroatoms. The van der Waals surface area contributed by atoms with Crippen molar-refractivity contribution in [2.45, 2.75) is 64.6 Å². The third-order valence-corrected chi connectivity index (χ3v) is 6.42. The third-order valence-electron chi connectivity index (χ3n) is 5.45. The Morgan fingerprint density at radius 2 is 2.14 bits per heavy atom. The van der Waals surface area contributed by atoms with Gasteiger partial charge >= 0.3 is 0 Å². The molecule has 118 valence electrons. The minimum Gasteiger partial charge on any atom is -0.298 e. The summed E-state index contributed by atoms with van der Waals surface area (Å²) in [6, 6.07) is 6.70. The molecule has 3 heterocycles. The zero-order valence-electron chi connectivity index (χ0n) is 13.8. The number of hydrogen-bond acceptors (Lipinski definition) is 3. The summed E-state index contributed by atoms with van der Waals surface area (Å²) in [6.07, 6.45) is 5.47. The highest BCUT2D eigenvalue weighted by Crippen LogP contribution is 2.36. The quantitative estimate of drug-likeness (QED) is 0.814. The molecule has 3 unspecified atom stereocenters. The summed E-state index contributed by atoms with van der Waals surface area (Å²) >= 11 is 1.94. The van der Waals surface area contributed by atoms with Crippen molar-refractivity contribution in [1.82, 2.24) is 9.80 Å². The van der Waals surface area contributed by atoms with Crippen LogP contribution in [-0.4, -0.2) is 41.5 Å². The second-order valence-electron chi connectivity index (χ2n) is 7.09. The van der Waals surface area contributed by atoms with Gasteiger partial charge in [-0.3, -0.25) is 9.80 Å². The molecule has 0 spiro atoms.